The maximum atomic E-state index is 12.0. The lowest BCUT2D eigenvalue weighted by Crippen LogP contribution is -2.36. The highest BCUT2D eigenvalue weighted by Gasteiger charge is 2.29. The van der Waals surface area contributed by atoms with Crippen LogP contribution < -0.4 is 11.1 Å². The van der Waals surface area contributed by atoms with Crippen LogP contribution in [-0.2, 0) is 21.4 Å². The van der Waals surface area contributed by atoms with Crippen molar-refractivity contribution in [3.05, 3.63) is 35.4 Å². The first-order valence-electron chi connectivity index (χ1n) is 8.13. The van der Waals surface area contributed by atoms with Crippen molar-refractivity contribution in [2.24, 2.45) is 5.73 Å². The molecule has 4 nitrogen and oxygen atoms in total. The van der Waals surface area contributed by atoms with Gasteiger partial charge in [-0.3, -0.25) is 4.79 Å². The van der Waals surface area contributed by atoms with E-state index in [1.165, 1.54) is 11.1 Å². The highest BCUT2D eigenvalue weighted by molar-refractivity contribution is 5.81. The SMILES string of the molecule is CC(C)(C)c1ccc(CCNC(=O)[C@@H]2CC[C@H](CN)O2)cc1. The average molecular weight is 304 g/mol. The minimum absolute atomic E-state index is 0.0118. The fourth-order valence-electron chi connectivity index (χ4n) is 2.69. The molecule has 1 aliphatic heterocycles. The predicted octanol–water partition coefficient (Wildman–Crippen LogP) is 2.15. The molecule has 0 saturated carbocycles. The van der Waals surface area contributed by atoms with Crippen molar-refractivity contribution in [2.75, 3.05) is 13.1 Å². The summed E-state index contributed by atoms with van der Waals surface area (Å²) in [5.74, 6) is -0.0118. The zero-order chi connectivity index (χ0) is 16.2. The number of rotatable bonds is 5. The van der Waals surface area contributed by atoms with Crippen LogP contribution in [0, 0.1) is 0 Å². The Bertz CT molecular complexity index is 491. The van der Waals surface area contributed by atoms with Crippen LogP contribution in [0.3, 0.4) is 0 Å². The molecule has 1 aliphatic rings. The van der Waals surface area contributed by atoms with E-state index in [1.807, 2.05) is 0 Å². The van der Waals surface area contributed by atoms with Gasteiger partial charge in [-0.05, 0) is 35.8 Å². The third kappa shape index (κ3) is 4.55. The minimum Gasteiger partial charge on any atom is -0.364 e. The summed E-state index contributed by atoms with van der Waals surface area (Å²) in [4.78, 5) is 12.0. The number of nitrogens with one attached hydrogen (secondary N) is 1. The van der Waals surface area contributed by atoms with Crippen LogP contribution in [0.25, 0.3) is 0 Å². The van der Waals surface area contributed by atoms with Crippen molar-refractivity contribution in [1.82, 2.24) is 5.32 Å². The van der Waals surface area contributed by atoms with Gasteiger partial charge in [-0.2, -0.15) is 0 Å². The van der Waals surface area contributed by atoms with E-state index in [1.54, 1.807) is 0 Å². The first-order chi connectivity index (χ1) is 10.4. The molecule has 0 spiro atoms. The van der Waals surface area contributed by atoms with Crippen LogP contribution in [0.4, 0.5) is 0 Å². The van der Waals surface area contributed by atoms with E-state index >= 15 is 0 Å². The molecule has 2 rings (SSSR count). The number of hydrogen-bond acceptors (Lipinski definition) is 3. The van der Waals surface area contributed by atoms with Gasteiger partial charge in [-0.25, -0.2) is 0 Å². The molecule has 3 N–H and O–H groups in total. The Balaban J connectivity index is 1.75. The molecule has 0 aliphatic carbocycles. The minimum atomic E-state index is -0.322. The van der Waals surface area contributed by atoms with Gasteiger partial charge >= 0.3 is 0 Å². The number of carbonyl (C=O) groups is 1. The molecule has 4 heteroatoms. The summed E-state index contributed by atoms with van der Waals surface area (Å²) in [5.41, 5.74) is 8.29. The molecule has 0 aromatic heterocycles. The average Bonchev–Trinajstić information content (AvgIpc) is 2.96. The summed E-state index contributed by atoms with van der Waals surface area (Å²) >= 11 is 0. The van der Waals surface area contributed by atoms with Gasteiger partial charge in [0.05, 0.1) is 6.10 Å². The zero-order valence-corrected chi connectivity index (χ0v) is 13.9. The molecule has 1 fully saturated rings. The fraction of sp³-hybridized carbons (Fsp3) is 0.611. The molecular weight excluding hydrogens is 276 g/mol. The molecule has 0 unspecified atom stereocenters. The van der Waals surface area contributed by atoms with Crippen LogP contribution >= 0.6 is 0 Å². The van der Waals surface area contributed by atoms with Crippen LogP contribution in [0.1, 0.15) is 44.7 Å². The number of amides is 1. The molecule has 1 aromatic rings. The number of ether oxygens (including phenoxy) is 1. The number of nitrogens with two attached hydrogens (primary N) is 1. The standard InChI is InChI=1S/C18H28N2O2/c1-18(2,3)14-6-4-13(5-7-14)10-11-20-17(21)16-9-8-15(12-19)22-16/h4-7,15-16H,8-12,19H2,1-3H3,(H,20,21)/t15-,16+/m1/s1. The lowest BCUT2D eigenvalue weighted by Gasteiger charge is -2.19. The third-order valence-electron chi connectivity index (χ3n) is 4.20. The van der Waals surface area contributed by atoms with Crippen molar-refractivity contribution in [3.63, 3.8) is 0 Å². The number of benzene rings is 1. The van der Waals surface area contributed by atoms with E-state index in [0.717, 1.165) is 19.3 Å². The van der Waals surface area contributed by atoms with Gasteiger partial charge in [0.15, 0.2) is 0 Å². The van der Waals surface area contributed by atoms with Crippen LogP contribution in [-0.4, -0.2) is 31.2 Å². The van der Waals surface area contributed by atoms with Crippen molar-refractivity contribution in [3.8, 4) is 0 Å². The quantitative estimate of drug-likeness (QED) is 0.876. The molecule has 0 radical (unpaired) electrons. The van der Waals surface area contributed by atoms with Gasteiger partial charge in [0.2, 0.25) is 5.91 Å². The lowest BCUT2D eigenvalue weighted by atomic mass is 9.86. The maximum Gasteiger partial charge on any atom is 0.249 e. The van der Waals surface area contributed by atoms with Crippen LogP contribution in [0.15, 0.2) is 24.3 Å². The van der Waals surface area contributed by atoms with E-state index in [4.69, 9.17) is 10.5 Å². The Hall–Kier alpha value is -1.39. The Kier molecular flexibility index (Phi) is 5.59. The number of carbonyl (C=O) groups excluding carboxylic acids is 1. The van der Waals surface area contributed by atoms with E-state index < -0.39 is 0 Å². The summed E-state index contributed by atoms with van der Waals surface area (Å²) in [6.45, 7) is 7.75. The second kappa shape index (κ2) is 7.25. The van der Waals surface area contributed by atoms with E-state index in [9.17, 15) is 4.79 Å². The summed E-state index contributed by atoms with van der Waals surface area (Å²) in [6.07, 6.45) is 2.21. The molecule has 1 amide bonds. The smallest absolute Gasteiger partial charge is 0.249 e. The number of hydrogen-bond donors (Lipinski definition) is 2. The van der Waals surface area contributed by atoms with E-state index in [-0.39, 0.29) is 23.5 Å². The normalized spacial score (nSPS) is 21.8. The van der Waals surface area contributed by atoms with Gasteiger partial charge in [0, 0.05) is 13.1 Å². The first-order valence-corrected chi connectivity index (χ1v) is 8.13. The first kappa shape index (κ1) is 17.0. The molecule has 22 heavy (non-hydrogen) atoms. The molecule has 122 valence electrons. The second-order valence-corrected chi connectivity index (χ2v) is 7.05. The van der Waals surface area contributed by atoms with Crippen LogP contribution in [0.5, 0.6) is 0 Å². The van der Waals surface area contributed by atoms with Gasteiger partial charge in [0.25, 0.3) is 0 Å². The molecule has 1 aromatic carbocycles. The monoisotopic (exact) mass is 304 g/mol. The van der Waals surface area contributed by atoms with Gasteiger partial charge in [-0.1, -0.05) is 45.0 Å². The van der Waals surface area contributed by atoms with Crippen molar-refractivity contribution in [2.45, 2.75) is 57.7 Å². The largest absolute Gasteiger partial charge is 0.364 e. The van der Waals surface area contributed by atoms with Gasteiger partial charge < -0.3 is 15.8 Å². The highest BCUT2D eigenvalue weighted by Crippen LogP contribution is 2.22. The Morgan fingerprint density at radius 3 is 2.50 bits per heavy atom. The predicted molar refractivity (Wildman–Crippen MR) is 88.8 cm³/mol. The molecule has 1 heterocycles. The maximum absolute atomic E-state index is 12.0. The Morgan fingerprint density at radius 1 is 1.27 bits per heavy atom. The van der Waals surface area contributed by atoms with Gasteiger partial charge in [-0.15, -0.1) is 0 Å². The van der Waals surface area contributed by atoms with Crippen molar-refractivity contribution < 1.29 is 9.53 Å². The second-order valence-electron chi connectivity index (χ2n) is 7.05. The van der Waals surface area contributed by atoms with Crippen molar-refractivity contribution >= 4 is 5.91 Å². The zero-order valence-electron chi connectivity index (χ0n) is 13.9. The van der Waals surface area contributed by atoms with E-state index in [0.29, 0.717) is 13.1 Å². The summed E-state index contributed by atoms with van der Waals surface area (Å²) in [6, 6.07) is 8.62. The topological polar surface area (TPSA) is 64.4 Å². The molecule has 0 bridgehead atoms. The Labute approximate surface area is 133 Å². The summed E-state index contributed by atoms with van der Waals surface area (Å²) in [5, 5.41) is 2.96. The summed E-state index contributed by atoms with van der Waals surface area (Å²) < 4.78 is 5.59. The fourth-order valence-corrected chi connectivity index (χ4v) is 2.69. The molecule has 2 atom stereocenters. The van der Waals surface area contributed by atoms with E-state index in [2.05, 4.69) is 50.4 Å². The molecule has 1 saturated heterocycles. The van der Waals surface area contributed by atoms with Crippen molar-refractivity contribution in [1.29, 1.82) is 0 Å². The Morgan fingerprint density at radius 2 is 1.95 bits per heavy atom. The molecular formula is C18H28N2O2. The summed E-state index contributed by atoms with van der Waals surface area (Å²) in [7, 11) is 0. The third-order valence-corrected chi connectivity index (χ3v) is 4.20. The lowest BCUT2D eigenvalue weighted by molar-refractivity contribution is -0.131. The highest BCUT2D eigenvalue weighted by atomic mass is 16.5. The van der Waals surface area contributed by atoms with Crippen LogP contribution in [0.2, 0.25) is 0 Å². The van der Waals surface area contributed by atoms with Gasteiger partial charge in [0.1, 0.15) is 6.10 Å².